The van der Waals surface area contributed by atoms with Gasteiger partial charge in [-0.25, -0.2) is 9.67 Å². The third-order valence-electron chi connectivity index (χ3n) is 9.01. The molecule has 0 aliphatic carbocycles. The fourth-order valence-corrected chi connectivity index (χ4v) is 6.19. The molecule has 3 N–H and O–H groups in total. The van der Waals surface area contributed by atoms with E-state index in [1.165, 1.54) is 4.68 Å². The summed E-state index contributed by atoms with van der Waals surface area (Å²) in [5.74, 6) is 0.917. The molecule has 0 saturated heterocycles. The summed E-state index contributed by atoms with van der Waals surface area (Å²) in [5.41, 5.74) is 3.43. The van der Waals surface area contributed by atoms with E-state index in [1.54, 1.807) is 32.1 Å². The summed E-state index contributed by atoms with van der Waals surface area (Å²) in [6.45, 7) is 10.4. The van der Waals surface area contributed by atoms with E-state index in [-0.39, 0.29) is 48.9 Å². The Balaban J connectivity index is 1.58. The van der Waals surface area contributed by atoms with Crippen molar-refractivity contribution in [2.45, 2.75) is 91.8 Å². The molecule has 3 heterocycles. The monoisotopic (exact) mass is 704 g/mol. The van der Waals surface area contributed by atoms with Gasteiger partial charge in [-0.1, -0.05) is 26.3 Å². The maximum Gasteiger partial charge on any atom is 0.243 e. The van der Waals surface area contributed by atoms with E-state index < -0.39 is 12.1 Å². The number of carbonyl (C=O) groups excluding carboxylic acids is 4. The molecule has 1 aromatic carbocycles. The largest absolute Gasteiger partial charge is 0.493 e. The van der Waals surface area contributed by atoms with Crippen molar-refractivity contribution in [3.63, 3.8) is 0 Å². The Labute approximate surface area is 300 Å². The van der Waals surface area contributed by atoms with Gasteiger partial charge in [-0.15, -0.1) is 0 Å². The summed E-state index contributed by atoms with van der Waals surface area (Å²) >= 11 is 0. The molecule has 4 amide bonds. The Morgan fingerprint density at radius 2 is 1.65 bits per heavy atom. The van der Waals surface area contributed by atoms with Crippen LogP contribution < -0.4 is 25.4 Å². The Hall–Kier alpha value is -5.01. The summed E-state index contributed by atoms with van der Waals surface area (Å²) in [5, 5.41) is 13.5. The second-order valence-electron chi connectivity index (χ2n) is 13.2. The van der Waals surface area contributed by atoms with Crippen molar-refractivity contribution in [2.75, 3.05) is 33.9 Å². The lowest BCUT2D eigenvalue weighted by Crippen LogP contribution is -2.51. The fraction of sp³-hybridized carbons (Fsp3) is 0.541. The minimum Gasteiger partial charge on any atom is -0.493 e. The molecule has 0 spiro atoms. The number of nitrogens with zero attached hydrogens (tertiary/aromatic N) is 5. The molecular formula is C37H52N8O6. The average molecular weight is 705 g/mol. The van der Waals surface area contributed by atoms with Gasteiger partial charge in [-0.05, 0) is 74.9 Å². The number of carbonyl (C=O) groups is 4. The molecule has 0 saturated carbocycles. The molecule has 276 valence electrons. The molecule has 3 aromatic rings. The lowest BCUT2D eigenvalue weighted by molar-refractivity contribution is -0.132. The lowest BCUT2D eigenvalue weighted by atomic mass is 9.97. The number of hydrogen-bond acceptors (Lipinski definition) is 9. The minimum atomic E-state index is -0.786. The number of methoxy groups -OCH3 is 2. The number of fused-ring (bicyclic) bond motifs is 1. The van der Waals surface area contributed by atoms with Gasteiger partial charge in [0, 0.05) is 43.9 Å². The smallest absolute Gasteiger partial charge is 0.243 e. The summed E-state index contributed by atoms with van der Waals surface area (Å²) in [6, 6.07) is 7.93. The van der Waals surface area contributed by atoms with Crippen LogP contribution in [0.5, 0.6) is 11.5 Å². The van der Waals surface area contributed by atoms with Gasteiger partial charge in [-0.3, -0.25) is 24.2 Å². The number of pyridine rings is 1. The maximum atomic E-state index is 13.7. The van der Waals surface area contributed by atoms with Gasteiger partial charge in [0.2, 0.25) is 23.6 Å². The van der Waals surface area contributed by atoms with Crippen molar-refractivity contribution in [3.05, 3.63) is 64.5 Å². The summed E-state index contributed by atoms with van der Waals surface area (Å²) in [6.07, 6.45) is 2.31. The highest BCUT2D eigenvalue weighted by molar-refractivity contribution is 5.88. The van der Waals surface area contributed by atoms with Crippen LogP contribution in [0.1, 0.15) is 86.7 Å². The summed E-state index contributed by atoms with van der Waals surface area (Å²) in [4.78, 5) is 64.5. The summed E-state index contributed by atoms with van der Waals surface area (Å²) < 4.78 is 12.3. The van der Waals surface area contributed by atoms with Crippen LogP contribution in [-0.4, -0.2) is 88.2 Å². The Morgan fingerprint density at radius 3 is 2.33 bits per heavy atom. The van der Waals surface area contributed by atoms with E-state index in [9.17, 15) is 19.2 Å². The third kappa shape index (κ3) is 11.0. The molecule has 2 aromatic heterocycles. The van der Waals surface area contributed by atoms with Gasteiger partial charge in [0.05, 0.1) is 26.7 Å². The second-order valence-corrected chi connectivity index (χ2v) is 13.2. The van der Waals surface area contributed by atoms with Crippen molar-refractivity contribution >= 4 is 23.6 Å². The van der Waals surface area contributed by atoms with E-state index in [4.69, 9.17) is 14.5 Å². The summed E-state index contributed by atoms with van der Waals surface area (Å²) in [7, 11) is 3.13. The zero-order valence-corrected chi connectivity index (χ0v) is 30.9. The number of aromatic nitrogens is 4. The molecule has 3 atom stereocenters. The van der Waals surface area contributed by atoms with Crippen LogP contribution in [0.3, 0.4) is 0 Å². The first kappa shape index (κ1) is 38.8. The standard InChI is InChI=1S/C37H52N8O6/c1-8-23(2)35-37(49)40-26(5)36-41-31(20-27-12-13-29(50-6)30(19-27)51-7)43-45(36)22-33(47)38-14-10-16-44(15-9-11-32(46)42-35)34(48)21-28-17-24(3)39-25(4)18-28/h12-13,17-19,23,26,35H,8-11,14-16,20-22H2,1-7H3,(H,38,47)(H,40,49)(H,42,46)/t23-,26+,35-/m0/s1. The highest BCUT2D eigenvalue weighted by Crippen LogP contribution is 2.28. The van der Waals surface area contributed by atoms with Crippen LogP contribution in [0.4, 0.5) is 0 Å². The number of nitrogens with one attached hydrogen (secondary N) is 3. The molecule has 4 rings (SSSR count). The van der Waals surface area contributed by atoms with Gasteiger partial charge < -0.3 is 30.3 Å². The molecule has 1 aliphatic rings. The van der Waals surface area contributed by atoms with Crippen molar-refractivity contribution < 1.29 is 28.7 Å². The number of benzene rings is 1. The van der Waals surface area contributed by atoms with Crippen LogP contribution in [0.15, 0.2) is 30.3 Å². The molecule has 51 heavy (non-hydrogen) atoms. The molecule has 0 unspecified atom stereocenters. The number of hydrogen-bond donors (Lipinski definition) is 3. The van der Waals surface area contributed by atoms with Gasteiger partial charge in [0.25, 0.3) is 0 Å². The average Bonchev–Trinajstić information content (AvgIpc) is 3.48. The van der Waals surface area contributed by atoms with E-state index in [0.29, 0.717) is 68.5 Å². The van der Waals surface area contributed by atoms with E-state index in [2.05, 4.69) is 26.0 Å². The Morgan fingerprint density at radius 1 is 0.941 bits per heavy atom. The third-order valence-corrected chi connectivity index (χ3v) is 9.01. The van der Waals surface area contributed by atoms with Crippen LogP contribution in [0.2, 0.25) is 0 Å². The SMILES string of the molecule is CC[C@H](C)[C@@H]1NC(=O)CCCN(C(=O)Cc2cc(C)nc(C)c2)CCCNC(=O)Cn2nc(Cc3ccc(OC)c(OC)c3)nc2[C@@H](C)NC1=O. The topological polar surface area (TPSA) is 170 Å². The minimum absolute atomic E-state index is 0.0683. The highest BCUT2D eigenvalue weighted by atomic mass is 16.5. The molecule has 0 radical (unpaired) electrons. The van der Waals surface area contributed by atoms with Crippen LogP contribution in [0.25, 0.3) is 0 Å². The molecule has 1 aliphatic heterocycles. The van der Waals surface area contributed by atoms with Crippen LogP contribution in [0, 0.1) is 19.8 Å². The van der Waals surface area contributed by atoms with Crippen molar-refractivity contribution in [1.82, 2.24) is 40.6 Å². The van der Waals surface area contributed by atoms with Crippen molar-refractivity contribution in [1.29, 1.82) is 0 Å². The lowest BCUT2D eigenvalue weighted by Gasteiger charge is -2.26. The first-order valence-electron chi connectivity index (χ1n) is 17.6. The predicted molar refractivity (Wildman–Crippen MR) is 191 cm³/mol. The van der Waals surface area contributed by atoms with Crippen LogP contribution >= 0.6 is 0 Å². The highest BCUT2D eigenvalue weighted by Gasteiger charge is 2.29. The molecule has 0 fully saturated rings. The van der Waals surface area contributed by atoms with Crippen LogP contribution in [-0.2, 0) is 38.6 Å². The molecular weight excluding hydrogens is 652 g/mol. The molecule has 14 heteroatoms. The fourth-order valence-electron chi connectivity index (χ4n) is 6.19. The Kier molecular flexibility index (Phi) is 13.9. The van der Waals surface area contributed by atoms with E-state index >= 15 is 0 Å². The predicted octanol–water partition coefficient (Wildman–Crippen LogP) is 2.98. The zero-order chi connectivity index (χ0) is 37.1. The van der Waals surface area contributed by atoms with Gasteiger partial charge in [0.1, 0.15) is 18.4 Å². The van der Waals surface area contributed by atoms with Gasteiger partial charge in [-0.2, -0.15) is 5.10 Å². The van der Waals surface area contributed by atoms with Gasteiger partial charge >= 0.3 is 0 Å². The normalized spacial score (nSPS) is 18.7. The number of amides is 4. The van der Waals surface area contributed by atoms with Crippen molar-refractivity contribution in [2.24, 2.45) is 5.92 Å². The zero-order valence-electron chi connectivity index (χ0n) is 30.9. The first-order chi connectivity index (χ1) is 24.4. The molecule has 14 nitrogen and oxygen atoms in total. The number of rotatable bonds is 8. The first-order valence-corrected chi connectivity index (χ1v) is 17.6. The van der Waals surface area contributed by atoms with E-state index in [0.717, 1.165) is 22.5 Å². The quantitative estimate of drug-likeness (QED) is 0.319. The Bertz CT molecular complexity index is 1670. The number of ether oxygens (including phenoxy) is 2. The van der Waals surface area contributed by atoms with E-state index in [1.807, 2.05) is 52.0 Å². The molecule has 0 bridgehead atoms. The van der Waals surface area contributed by atoms with Gasteiger partial charge in [0.15, 0.2) is 17.3 Å². The maximum absolute atomic E-state index is 13.7. The second kappa shape index (κ2) is 18.3. The number of aryl methyl sites for hydroxylation is 2. The van der Waals surface area contributed by atoms with Crippen molar-refractivity contribution in [3.8, 4) is 11.5 Å².